The average molecular weight is 226 g/mol. The summed E-state index contributed by atoms with van der Waals surface area (Å²) in [6.07, 6.45) is -0.879. The van der Waals surface area contributed by atoms with E-state index in [-0.39, 0.29) is 12.7 Å². The molecule has 1 saturated heterocycles. The van der Waals surface area contributed by atoms with Crippen LogP contribution in [0.5, 0.6) is 0 Å². The predicted octanol–water partition coefficient (Wildman–Crippen LogP) is 3.05. The molecular weight excluding hydrogens is 214 g/mol. The molecule has 0 radical (unpaired) electrons. The molecule has 1 aliphatic rings. The molecule has 0 saturated carbocycles. The van der Waals surface area contributed by atoms with Crippen LogP contribution in [-0.4, -0.2) is 13.2 Å². The van der Waals surface area contributed by atoms with Gasteiger partial charge in [0, 0.05) is 5.56 Å². The van der Waals surface area contributed by atoms with Crippen molar-refractivity contribution in [3.05, 3.63) is 47.5 Å². The van der Waals surface area contributed by atoms with Crippen molar-refractivity contribution in [2.75, 3.05) is 13.2 Å². The first-order valence-electron chi connectivity index (χ1n) is 5.09. The number of halogens is 2. The summed E-state index contributed by atoms with van der Waals surface area (Å²) in [7, 11) is 0. The number of benzene rings is 1. The number of hydrogen-bond acceptors (Lipinski definition) is 2. The van der Waals surface area contributed by atoms with Crippen molar-refractivity contribution in [3.63, 3.8) is 0 Å². The van der Waals surface area contributed by atoms with Crippen molar-refractivity contribution < 1.29 is 18.3 Å². The van der Waals surface area contributed by atoms with Crippen LogP contribution in [0.1, 0.15) is 17.4 Å². The second-order valence-electron chi connectivity index (χ2n) is 3.52. The Labute approximate surface area is 92.5 Å². The van der Waals surface area contributed by atoms with E-state index in [1.807, 2.05) is 18.2 Å². The van der Waals surface area contributed by atoms with Crippen LogP contribution in [0.3, 0.4) is 0 Å². The number of rotatable bonds is 3. The largest absolute Gasteiger partial charge is 0.346 e. The fourth-order valence-electron chi connectivity index (χ4n) is 1.61. The predicted molar refractivity (Wildman–Crippen MR) is 55.1 cm³/mol. The third kappa shape index (κ3) is 2.87. The van der Waals surface area contributed by atoms with E-state index in [0.29, 0.717) is 13.2 Å². The van der Waals surface area contributed by atoms with Crippen molar-refractivity contribution in [2.45, 2.75) is 12.7 Å². The van der Waals surface area contributed by atoms with Gasteiger partial charge in [0.15, 0.2) is 6.29 Å². The minimum Gasteiger partial charge on any atom is -0.346 e. The van der Waals surface area contributed by atoms with Crippen LogP contribution in [0.15, 0.2) is 36.4 Å². The van der Waals surface area contributed by atoms with Crippen LogP contribution in [0.2, 0.25) is 0 Å². The molecule has 16 heavy (non-hydrogen) atoms. The second kappa shape index (κ2) is 5.18. The maximum absolute atomic E-state index is 11.9. The molecule has 1 aromatic carbocycles. The number of ether oxygens (including phenoxy) is 2. The van der Waals surface area contributed by atoms with E-state index in [1.54, 1.807) is 6.07 Å². The van der Waals surface area contributed by atoms with Gasteiger partial charge < -0.3 is 9.47 Å². The van der Waals surface area contributed by atoms with Gasteiger partial charge in [-0.15, -0.1) is 0 Å². The Morgan fingerprint density at radius 2 is 2.06 bits per heavy atom. The Morgan fingerprint density at radius 1 is 1.31 bits per heavy atom. The molecule has 86 valence electrons. The van der Waals surface area contributed by atoms with E-state index in [9.17, 15) is 8.78 Å². The standard InChI is InChI=1S/C12H12F2O2/c13-11(14)5-4-9-2-1-3-10(8-9)12-15-6-7-16-12/h1-3,5,8,12H,4,6-7H2. The van der Waals surface area contributed by atoms with Gasteiger partial charge >= 0.3 is 0 Å². The first-order chi connectivity index (χ1) is 7.75. The molecule has 0 N–H and O–H groups in total. The molecule has 0 amide bonds. The third-order valence-electron chi connectivity index (χ3n) is 2.34. The van der Waals surface area contributed by atoms with Crippen molar-refractivity contribution in [1.82, 2.24) is 0 Å². The molecule has 1 heterocycles. The zero-order valence-corrected chi connectivity index (χ0v) is 8.66. The van der Waals surface area contributed by atoms with Crippen LogP contribution < -0.4 is 0 Å². The van der Waals surface area contributed by atoms with Gasteiger partial charge in [-0.05, 0) is 18.1 Å². The van der Waals surface area contributed by atoms with Crippen molar-refractivity contribution >= 4 is 0 Å². The van der Waals surface area contributed by atoms with Crippen LogP contribution in [-0.2, 0) is 15.9 Å². The van der Waals surface area contributed by atoms with Gasteiger partial charge in [-0.25, -0.2) is 0 Å². The Hall–Kier alpha value is -1.26. The molecular formula is C12H12F2O2. The van der Waals surface area contributed by atoms with Crippen molar-refractivity contribution in [2.24, 2.45) is 0 Å². The lowest BCUT2D eigenvalue weighted by Gasteiger charge is -2.10. The molecule has 0 atom stereocenters. The molecule has 2 nitrogen and oxygen atoms in total. The summed E-state index contributed by atoms with van der Waals surface area (Å²) in [4.78, 5) is 0. The molecule has 0 spiro atoms. The van der Waals surface area contributed by atoms with Crippen LogP contribution >= 0.6 is 0 Å². The first kappa shape index (κ1) is 11.2. The summed E-state index contributed by atoms with van der Waals surface area (Å²) in [5.41, 5.74) is 1.70. The summed E-state index contributed by atoms with van der Waals surface area (Å²) in [5, 5.41) is 0. The summed E-state index contributed by atoms with van der Waals surface area (Å²) in [6, 6.07) is 7.32. The van der Waals surface area contributed by atoms with E-state index >= 15 is 0 Å². The zero-order valence-electron chi connectivity index (χ0n) is 8.66. The lowest BCUT2D eigenvalue weighted by atomic mass is 10.1. The molecule has 0 bridgehead atoms. The van der Waals surface area contributed by atoms with Crippen LogP contribution in [0.25, 0.3) is 0 Å². The fourth-order valence-corrected chi connectivity index (χ4v) is 1.61. The van der Waals surface area contributed by atoms with Crippen molar-refractivity contribution in [3.8, 4) is 0 Å². The van der Waals surface area contributed by atoms with E-state index in [0.717, 1.165) is 17.2 Å². The normalized spacial score (nSPS) is 16.4. The molecule has 0 aromatic heterocycles. The Balaban J connectivity index is 2.09. The fraction of sp³-hybridized carbons (Fsp3) is 0.333. The molecule has 1 aliphatic heterocycles. The van der Waals surface area contributed by atoms with Crippen molar-refractivity contribution in [1.29, 1.82) is 0 Å². The summed E-state index contributed by atoms with van der Waals surface area (Å²) in [5.74, 6) is 0. The quantitative estimate of drug-likeness (QED) is 0.788. The molecule has 2 rings (SSSR count). The van der Waals surface area contributed by atoms with E-state index < -0.39 is 6.08 Å². The van der Waals surface area contributed by atoms with Gasteiger partial charge in [0.2, 0.25) is 0 Å². The number of allylic oxidation sites excluding steroid dienone is 1. The molecule has 1 fully saturated rings. The van der Waals surface area contributed by atoms with Gasteiger partial charge in [0.05, 0.1) is 13.2 Å². The monoisotopic (exact) mass is 226 g/mol. The second-order valence-corrected chi connectivity index (χ2v) is 3.52. The van der Waals surface area contributed by atoms with E-state index in [2.05, 4.69) is 0 Å². The lowest BCUT2D eigenvalue weighted by molar-refractivity contribution is -0.0441. The molecule has 4 heteroatoms. The molecule has 0 unspecified atom stereocenters. The average Bonchev–Trinajstić information content (AvgIpc) is 2.80. The van der Waals surface area contributed by atoms with Gasteiger partial charge in [-0.2, -0.15) is 8.78 Å². The maximum Gasteiger partial charge on any atom is 0.266 e. The lowest BCUT2D eigenvalue weighted by Crippen LogP contribution is -1.98. The molecule has 0 aliphatic carbocycles. The highest BCUT2D eigenvalue weighted by molar-refractivity contribution is 5.26. The zero-order chi connectivity index (χ0) is 11.4. The van der Waals surface area contributed by atoms with Gasteiger partial charge in [0.25, 0.3) is 6.08 Å². The Kier molecular flexibility index (Phi) is 3.64. The summed E-state index contributed by atoms with van der Waals surface area (Å²) >= 11 is 0. The molecule has 1 aromatic rings. The van der Waals surface area contributed by atoms with E-state index in [4.69, 9.17) is 9.47 Å². The van der Waals surface area contributed by atoms with Crippen LogP contribution in [0.4, 0.5) is 8.78 Å². The Morgan fingerprint density at radius 3 is 2.75 bits per heavy atom. The minimum absolute atomic E-state index is 0.225. The van der Waals surface area contributed by atoms with Crippen LogP contribution in [0, 0.1) is 0 Å². The highest BCUT2D eigenvalue weighted by Gasteiger charge is 2.17. The van der Waals surface area contributed by atoms with Gasteiger partial charge in [-0.1, -0.05) is 24.3 Å². The topological polar surface area (TPSA) is 18.5 Å². The maximum atomic E-state index is 11.9. The first-order valence-corrected chi connectivity index (χ1v) is 5.09. The highest BCUT2D eigenvalue weighted by Crippen LogP contribution is 2.24. The van der Waals surface area contributed by atoms with E-state index in [1.165, 1.54) is 0 Å². The smallest absolute Gasteiger partial charge is 0.266 e. The highest BCUT2D eigenvalue weighted by atomic mass is 19.3. The summed E-state index contributed by atoms with van der Waals surface area (Å²) in [6.45, 7) is 1.15. The summed E-state index contributed by atoms with van der Waals surface area (Å²) < 4.78 is 34.5. The Bertz CT molecular complexity index is 380. The third-order valence-corrected chi connectivity index (χ3v) is 2.34. The SMILES string of the molecule is FC(F)=CCc1cccc(C2OCCO2)c1. The minimum atomic E-state index is -1.65. The number of hydrogen-bond donors (Lipinski definition) is 0. The van der Waals surface area contributed by atoms with Gasteiger partial charge in [0.1, 0.15) is 0 Å². The van der Waals surface area contributed by atoms with Gasteiger partial charge in [-0.3, -0.25) is 0 Å².